The van der Waals surface area contributed by atoms with Gasteiger partial charge in [0.1, 0.15) is 4.83 Å². The molecule has 1 unspecified atom stereocenters. The second-order valence-electron chi connectivity index (χ2n) is 6.52. The van der Waals surface area contributed by atoms with Crippen LogP contribution in [0.1, 0.15) is 37.6 Å². The minimum absolute atomic E-state index is 0.0100. The maximum atomic E-state index is 12.6. The summed E-state index contributed by atoms with van der Waals surface area (Å²) in [5.41, 5.74) is 0.277. The fraction of sp³-hybridized carbons (Fsp3) is 0.600. The third-order valence-electron chi connectivity index (χ3n) is 3.84. The highest BCUT2D eigenvalue weighted by Gasteiger charge is 2.24. The number of thiophene rings is 1. The quantitative estimate of drug-likeness (QED) is 0.924. The minimum Gasteiger partial charge on any atom is -0.389 e. The van der Waals surface area contributed by atoms with Gasteiger partial charge in [-0.2, -0.15) is 0 Å². The second kappa shape index (κ2) is 4.67. The van der Waals surface area contributed by atoms with Gasteiger partial charge >= 0.3 is 0 Å². The fourth-order valence-corrected chi connectivity index (χ4v) is 4.24. The molecule has 0 bridgehead atoms. The van der Waals surface area contributed by atoms with Gasteiger partial charge in [-0.15, -0.1) is 11.3 Å². The number of nitrogens with zero attached hydrogens (tertiary/aromatic N) is 2. The highest BCUT2D eigenvalue weighted by molar-refractivity contribution is 7.18. The zero-order valence-electron chi connectivity index (χ0n) is 12.1. The molecule has 1 aliphatic carbocycles. The first-order valence-corrected chi connectivity index (χ1v) is 7.89. The van der Waals surface area contributed by atoms with E-state index < -0.39 is 5.60 Å². The van der Waals surface area contributed by atoms with Gasteiger partial charge in [0, 0.05) is 4.88 Å². The molecule has 0 aromatic carbocycles. The second-order valence-corrected chi connectivity index (χ2v) is 7.61. The highest BCUT2D eigenvalue weighted by atomic mass is 32.1. The molecule has 2 aromatic heterocycles. The summed E-state index contributed by atoms with van der Waals surface area (Å²) in [7, 11) is 0. The first-order chi connectivity index (χ1) is 9.35. The van der Waals surface area contributed by atoms with E-state index in [1.807, 2.05) is 0 Å². The van der Waals surface area contributed by atoms with Gasteiger partial charge in [-0.05, 0) is 44.6 Å². The highest BCUT2D eigenvalue weighted by Crippen LogP contribution is 2.35. The van der Waals surface area contributed by atoms with Crippen molar-refractivity contribution in [2.75, 3.05) is 0 Å². The molecule has 0 radical (unpaired) electrons. The summed E-state index contributed by atoms with van der Waals surface area (Å²) in [4.78, 5) is 19.2. The zero-order valence-corrected chi connectivity index (χ0v) is 13.0. The molecule has 1 atom stereocenters. The molecule has 20 heavy (non-hydrogen) atoms. The Balaban J connectivity index is 2.15. The Morgan fingerprint density at radius 2 is 2.30 bits per heavy atom. The molecular weight excluding hydrogens is 272 g/mol. The molecule has 0 aliphatic heterocycles. The van der Waals surface area contributed by atoms with Crippen LogP contribution in [0, 0.1) is 5.92 Å². The number of rotatable bonds is 2. The largest absolute Gasteiger partial charge is 0.389 e. The number of aryl methyl sites for hydroxylation is 1. The van der Waals surface area contributed by atoms with Crippen LogP contribution in [0.4, 0.5) is 0 Å². The Hall–Kier alpha value is -1.20. The standard InChI is InChI=1S/C15H20N2O2S/c1-9-4-5-10-11(6-9)20-13-12(10)14(18)17(8-16-13)7-15(2,3)19/h8-9,19H,4-7H2,1-3H3. The molecule has 108 valence electrons. The molecule has 5 heteroatoms. The van der Waals surface area contributed by atoms with Crippen LogP contribution >= 0.6 is 11.3 Å². The number of hydrogen-bond acceptors (Lipinski definition) is 4. The first-order valence-electron chi connectivity index (χ1n) is 7.07. The lowest BCUT2D eigenvalue weighted by Gasteiger charge is -2.19. The number of aromatic nitrogens is 2. The van der Waals surface area contributed by atoms with Crippen LogP contribution in [0.25, 0.3) is 10.2 Å². The molecule has 0 saturated carbocycles. The lowest BCUT2D eigenvalue weighted by molar-refractivity contribution is 0.0603. The van der Waals surface area contributed by atoms with Gasteiger partial charge in [-0.25, -0.2) is 4.98 Å². The van der Waals surface area contributed by atoms with Crippen LogP contribution in [0.3, 0.4) is 0 Å². The summed E-state index contributed by atoms with van der Waals surface area (Å²) >= 11 is 1.66. The van der Waals surface area contributed by atoms with Gasteiger partial charge in [0.15, 0.2) is 0 Å². The normalized spacial score (nSPS) is 19.3. The predicted molar refractivity (Wildman–Crippen MR) is 81.4 cm³/mol. The summed E-state index contributed by atoms with van der Waals surface area (Å²) < 4.78 is 1.54. The number of hydrogen-bond donors (Lipinski definition) is 1. The van der Waals surface area contributed by atoms with Crippen molar-refractivity contribution in [2.45, 2.75) is 52.2 Å². The van der Waals surface area contributed by atoms with Gasteiger partial charge in [0.25, 0.3) is 5.56 Å². The summed E-state index contributed by atoms with van der Waals surface area (Å²) in [5.74, 6) is 0.689. The van der Waals surface area contributed by atoms with Crippen molar-refractivity contribution in [3.63, 3.8) is 0 Å². The molecule has 2 aromatic rings. The molecule has 1 N–H and O–H groups in total. The Morgan fingerprint density at radius 1 is 1.55 bits per heavy atom. The Kier molecular flexibility index (Phi) is 3.21. The maximum Gasteiger partial charge on any atom is 0.262 e. The van der Waals surface area contributed by atoms with Crippen LogP contribution in [0.15, 0.2) is 11.1 Å². The van der Waals surface area contributed by atoms with Crippen molar-refractivity contribution < 1.29 is 5.11 Å². The molecule has 0 saturated heterocycles. The molecule has 1 aliphatic rings. The third-order valence-corrected chi connectivity index (χ3v) is 5.00. The van der Waals surface area contributed by atoms with E-state index in [1.54, 1.807) is 31.5 Å². The Labute approximate surface area is 122 Å². The lowest BCUT2D eigenvalue weighted by Crippen LogP contribution is -2.33. The van der Waals surface area contributed by atoms with Crippen LogP contribution in [0.5, 0.6) is 0 Å². The van der Waals surface area contributed by atoms with Gasteiger partial charge in [-0.1, -0.05) is 6.92 Å². The maximum absolute atomic E-state index is 12.6. The average molecular weight is 292 g/mol. The van der Waals surface area contributed by atoms with E-state index >= 15 is 0 Å². The zero-order chi connectivity index (χ0) is 14.5. The van der Waals surface area contributed by atoms with Gasteiger partial charge in [0.05, 0.1) is 23.9 Å². The van der Waals surface area contributed by atoms with E-state index in [0.29, 0.717) is 5.92 Å². The van der Waals surface area contributed by atoms with Gasteiger partial charge in [-0.3, -0.25) is 9.36 Å². The monoisotopic (exact) mass is 292 g/mol. The van der Waals surface area contributed by atoms with E-state index in [4.69, 9.17) is 0 Å². The summed E-state index contributed by atoms with van der Waals surface area (Å²) in [6.07, 6.45) is 4.73. The van der Waals surface area contributed by atoms with Crippen LogP contribution in [0.2, 0.25) is 0 Å². The van der Waals surface area contributed by atoms with Crippen LogP contribution in [-0.2, 0) is 19.4 Å². The smallest absolute Gasteiger partial charge is 0.262 e. The molecule has 0 spiro atoms. The Bertz CT molecular complexity index is 709. The van der Waals surface area contributed by atoms with Crippen molar-refractivity contribution in [1.29, 1.82) is 0 Å². The van der Waals surface area contributed by atoms with E-state index in [1.165, 1.54) is 15.0 Å². The summed E-state index contributed by atoms with van der Waals surface area (Å²) in [6, 6.07) is 0. The summed E-state index contributed by atoms with van der Waals surface area (Å²) in [5, 5.41) is 10.7. The van der Waals surface area contributed by atoms with E-state index in [0.717, 1.165) is 29.5 Å². The topological polar surface area (TPSA) is 55.1 Å². The van der Waals surface area contributed by atoms with Crippen molar-refractivity contribution in [3.8, 4) is 0 Å². The number of aliphatic hydroxyl groups is 1. The predicted octanol–water partition coefficient (Wildman–Crippen LogP) is 2.35. The van der Waals surface area contributed by atoms with E-state index in [2.05, 4.69) is 11.9 Å². The van der Waals surface area contributed by atoms with E-state index in [9.17, 15) is 9.90 Å². The third kappa shape index (κ3) is 2.40. The van der Waals surface area contributed by atoms with Crippen LogP contribution < -0.4 is 5.56 Å². The fourth-order valence-electron chi connectivity index (χ4n) is 2.90. The number of fused-ring (bicyclic) bond motifs is 3. The van der Waals surface area contributed by atoms with Gasteiger partial charge < -0.3 is 5.11 Å². The van der Waals surface area contributed by atoms with Crippen LogP contribution in [-0.4, -0.2) is 20.3 Å². The van der Waals surface area contributed by atoms with Crippen molar-refractivity contribution in [1.82, 2.24) is 9.55 Å². The lowest BCUT2D eigenvalue weighted by atomic mass is 9.89. The Morgan fingerprint density at radius 3 is 3.00 bits per heavy atom. The van der Waals surface area contributed by atoms with E-state index in [-0.39, 0.29) is 12.1 Å². The molecule has 0 fully saturated rings. The van der Waals surface area contributed by atoms with Crippen molar-refractivity contribution >= 4 is 21.6 Å². The minimum atomic E-state index is -0.913. The molecule has 4 nitrogen and oxygen atoms in total. The molecule has 3 rings (SSSR count). The molecular formula is C15H20N2O2S. The van der Waals surface area contributed by atoms with Crippen molar-refractivity contribution in [2.24, 2.45) is 5.92 Å². The molecule has 0 amide bonds. The first kappa shape index (κ1) is 13.8. The van der Waals surface area contributed by atoms with Gasteiger partial charge in [0.2, 0.25) is 0 Å². The summed E-state index contributed by atoms with van der Waals surface area (Å²) in [6.45, 7) is 5.94. The van der Waals surface area contributed by atoms with Crippen molar-refractivity contribution in [3.05, 3.63) is 27.1 Å². The SMILES string of the molecule is CC1CCc2c(sc3ncn(CC(C)(C)O)c(=O)c23)C1. The average Bonchev–Trinajstić information content (AvgIpc) is 2.69. The molecule has 2 heterocycles.